The van der Waals surface area contributed by atoms with Gasteiger partial charge in [-0.2, -0.15) is 0 Å². The van der Waals surface area contributed by atoms with Gasteiger partial charge in [-0.1, -0.05) is 0 Å². The van der Waals surface area contributed by atoms with Gasteiger partial charge in [0.1, 0.15) is 171 Å². The maximum atomic E-state index is 11.8. The third kappa shape index (κ3) is 13.2. The second-order valence-electron chi connectivity index (χ2n) is 19.6. The summed E-state index contributed by atoms with van der Waals surface area (Å²) in [6.07, 6.45) is -69.7. The van der Waals surface area contributed by atoms with Gasteiger partial charge in [-0.05, 0) is 0 Å². The fourth-order valence-electron chi connectivity index (χ4n) is 9.74. The molecule has 7 aliphatic heterocycles. The molecule has 7 aliphatic rings. The summed E-state index contributed by atoms with van der Waals surface area (Å²) in [5.41, 5.74) is 0. The Hall–Kier alpha value is -1.44. The van der Waals surface area contributed by atoms with Gasteiger partial charge < -0.3 is 179 Å². The predicted octanol–water partition coefficient (Wildman–Crippen LogP) is -16.3. The first kappa shape index (κ1) is 64.1. The van der Waals surface area contributed by atoms with Crippen LogP contribution in [-0.2, 0) is 61.6 Å². The number of aliphatic hydroxyl groups is 23. The molecule has 0 aromatic rings. The number of ether oxygens (including phenoxy) is 13. The van der Waals surface area contributed by atoms with Gasteiger partial charge in [-0.15, -0.1) is 0 Å². The van der Waals surface area contributed by atoms with Crippen LogP contribution in [-0.4, -0.2) is 379 Å². The summed E-state index contributed by atoms with van der Waals surface area (Å²) in [5, 5.41) is 244. The highest BCUT2D eigenvalue weighted by Gasteiger charge is 2.57. The van der Waals surface area contributed by atoms with E-state index < -0.39 is 261 Å². The Morgan fingerprint density at radius 2 is 0.487 bits per heavy atom. The second-order valence-corrected chi connectivity index (χ2v) is 19.6. The molecule has 7 heterocycles. The maximum absolute atomic E-state index is 11.8. The zero-order valence-electron chi connectivity index (χ0n) is 40.8. The van der Waals surface area contributed by atoms with Crippen LogP contribution in [0.15, 0.2) is 0 Å². The van der Waals surface area contributed by atoms with Crippen LogP contribution in [0.5, 0.6) is 0 Å². The first-order valence-electron chi connectivity index (χ1n) is 24.7. The summed E-state index contributed by atoms with van der Waals surface area (Å²) in [6, 6.07) is 0. The first-order chi connectivity index (χ1) is 36.9. The van der Waals surface area contributed by atoms with Crippen LogP contribution in [0, 0.1) is 0 Å². The SMILES string of the molecule is OC[C@H]1O[C@H](OC[C@H]2O[C@H](OC[C@H]3O[C@H](O)[C@@H](O)[C@@H](O[C@H]4O[C@H](CO)[C@@H](O)[C@H](O)[C@@H]4O[C@H]4O[C@H](CO)[C@@H](O)[C@H](O)[C@@H]4O)[C@@H]3O)[C@@H](O)[C@@H](O[C@H]3O[C@H](CO)[C@@H](O)[C@H](O)[C@@H]3O[C@H]3O[C@H](CO)[C@@H](O)[C@H](O)[C@@H]3O)[C@@H]2O)[C@@H](O)[C@@H](O)[C@@H]1O. The van der Waals surface area contributed by atoms with Gasteiger partial charge in [0, 0.05) is 0 Å². The fraction of sp³-hybridized carbons (Fsp3) is 1.00. The van der Waals surface area contributed by atoms with E-state index in [1.54, 1.807) is 0 Å². The highest BCUT2D eigenvalue weighted by Crippen LogP contribution is 2.37. The van der Waals surface area contributed by atoms with Gasteiger partial charge >= 0.3 is 0 Å². The Bertz CT molecular complexity index is 1810. The number of rotatable bonds is 19. The predicted molar refractivity (Wildman–Crippen MR) is 232 cm³/mol. The Morgan fingerprint density at radius 1 is 0.218 bits per heavy atom. The third-order valence-electron chi connectivity index (χ3n) is 14.5. The zero-order chi connectivity index (χ0) is 57.3. The van der Waals surface area contributed by atoms with Crippen LogP contribution in [0.1, 0.15) is 0 Å². The molecule has 78 heavy (non-hydrogen) atoms. The van der Waals surface area contributed by atoms with Crippen molar-refractivity contribution in [2.45, 2.75) is 215 Å². The van der Waals surface area contributed by atoms with Crippen molar-refractivity contribution in [1.82, 2.24) is 0 Å². The van der Waals surface area contributed by atoms with Crippen molar-refractivity contribution in [3.8, 4) is 0 Å². The molecule has 7 rings (SSSR count). The first-order valence-corrected chi connectivity index (χ1v) is 24.7. The minimum Gasteiger partial charge on any atom is -0.394 e. The molecule has 0 radical (unpaired) electrons. The number of aliphatic hydroxyl groups excluding tert-OH is 23. The van der Waals surface area contributed by atoms with Gasteiger partial charge in [0.2, 0.25) is 0 Å². The molecule has 7 saturated heterocycles. The molecular weight excluding hydrogens is 1080 g/mol. The van der Waals surface area contributed by atoms with E-state index >= 15 is 0 Å². The molecule has 0 aromatic heterocycles. The standard InChI is InChI=1S/C42H72O36/c43-1-8-15(48)22(55)27(60)37(69-8)66-7-14-21(54)33(76-42-35(26(59)19(52)12(5-47)73-42)78-40-29(62)24(57)17(50)10(3-45)71-40)31(64)38(74-14)67-6-13-20(53)32(30(63)36(65)68-13)75-41-34(25(58)18(51)11(4-46)72-41)77-39-28(61)23(56)16(49)9(2-44)70-39/h8-65H,1-7H2/t8-,9-,10-,11-,12-,13-,14-,15-,16-,17-,18-,19-,20-,21-,22+,23+,24+,25+,26+,27+,28+,29+,30+,31+,32+,33+,34+,35+,36+,37+,38+,39-,40-,41-,42-/m1/s1. The summed E-state index contributed by atoms with van der Waals surface area (Å²) in [4.78, 5) is 0. The van der Waals surface area contributed by atoms with Crippen molar-refractivity contribution in [3.63, 3.8) is 0 Å². The van der Waals surface area contributed by atoms with Gasteiger partial charge in [0.25, 0.3) is 0 Å². The van der Waals surface area contributed by atoms with Crippen LogP contribution >= 0.6 is 0 Å². The van der Waals surface area contributed by atoms with E-state index in [1.165, 1.54) is 0 Å². The molecule has 35 atom stereocenters. The van der Waals surface area contributed by atoms with E-state index in [1.807, 2.05) is 0 Å². The normalized spacial score (nSPS) is 53.5. The van der Waals surface area contributed by atoms with Crippen LogP contribution in [0.4, 0.5) is 0 Å². The van der Waals surface area contributed by atoms with Crippen molar-refractivity contribution >= 4 is 0 Å². The molecular formula is C42H72O36. The van der Waals surface area contributed by atoms with Crippen molar-refractivity contribution in [2.24, 2.45) is 0 Å². The van der Waals surface area contributed by atoms with Crippen molar-refractivity contribution in [2.75, 3.05) is 46.2 Å². The summed E-state index contributed by atoms with van der Waals surface area (Å²) in [5.74, 6) is 0. The van der Waals surface area contributed by atoms with Crippen molar-refractivity contribution < 1.29 is 179 Å². The fourth-order valence-corrected chi connectivity index (χ4v) is 9.74. The largest absolute Gasteiger partial charge is 0.394 e. The van der Waals surface area contributed by atoms with E-state index in [-0.39, 0.29) is 0 Å². The van der Waals surface area contributed by atoms with E-state index in [0.29, 0.717) is 0 Å². The Kier molecular flexibility index (Phi) is 22.6. The lowest BCUT2D eigenvalue weighted by atomic mass is 9.95. The average Bonchev–Trinajstić information content (AvgIpc) is 3.47. The molecule has 0 unspecified atom stereocenters. The van der Waals surface area contributed by atoms with Crippen LogP contribution in [0.25, 0.3) is 0 Å². The molecule has 36 heteroatoms. The minimum absolute atomic E-state index is 0.889. The maximum Gasteiger partial charge on any atom is 0.187 e. The molecule has 36 nitrogen and oxygen atoms in total. The van der Waals surface area contributed by atoms with Crippen LogP contribution in [0.2, 0.25) is 0 Å². The highest BCUT2D eigenvalue weighted by molar-refractivity contribution is 5.00. The number of hydrogen-bond donors (Lipinski definition) is 23. The molecule has 7 fully saturated rings. The summed E-state index contributed by atoms with van der Waals surface area (Å²) in [6.45, 7) is -6.72. The summed E-state index contributed by atoms with van der Waals surface area (Å²) in [7, 11) is 0. The van der Waals surface area contributed by atoms with Crippen molar-refractivity contribution in [3.05, 3.63) is 0 Å². The van der Waals surface area contributed by atoms with E-state index in [9.17, 15) is 117 Å². The van der Waals surface area contributed by atoms with Crippen LogP contribution in [0.3, 0.4) is 0 Å². The van der Waals surface area contributed by atoms with Gasteiger partial charge in [-0.25, -0.2) is 0 Å². The molecule has 0 spiro atoms. The van der Waals surface area contributed by atoms with Crippen LogP contribution < -0.4 is 0 Å². The van der Waals surface area contributed by atoms with E-state index in [0.717, 1.165) is 0 Å². The molecule has 456 valence electrons. The van der Waals surface area contributed by atoms with E-state index in [4.69, 9.17) is 61.6 Å². The topological polar surface area (TPSA) is 585 Å². The minimum atomic E-state index is -2.30. The third-order valence-corrected chi connectivity index (χ3v) is 14.5. The van der Waals surface area contributed by atoms with Gasteiger partial charge in [0.15, 0.2) is 44.0 Å². The Labute approximate surface area is 439 Å². The summed E-state index contributed by atoms with van der Waals surface area (Å²) >= 11 is 0. The number of hydrogen-bond acceptors (Lipinski definition) is 36. The lowest BCUT2D eigenvalue weighted by molar-refractivity contribution is -0.395. The smallest absolute Gasteiger partial charge is 0.187 e. The van der Waals surface area contributed by atoms with Crippen molar-refractivity contribution in [1.29, 1.82) is 0 Å². The highest BCUT2D eigenvalue weighted by atomic mass is 16.8. The molecule has 0 aliphatic carbocycles. The molecule has 0 saturated carbocycles. The molecule has 0 amide bonds. The molecule has 0 aromatic carbocycles. The summed E-state index contributed by atoms with van der Waals surface area (Å²) < 4.78 is 72.9. The van der Waals surface area contributed by atoms with E-state index in [2.05, 4.69) is 0 Å². The second kappa shape index (κ2) is 27.5. The molecule has 23 N–H and O–H groups in total. The van der Waals surface area contributed by atoms with Gasteiger partial charge in [-0.3, -0.25) is 0 Å². The monoisotopic (exact) mass is 1150 g/mol. The Morgan fingerprint density at radius 3 is 0.859 bits per heavy atom. The average molecular weight is 1150 g/mol. The van der Waals surface area contributed by atoms with Gasteiger partial charge in [0.05, 0.1) is 46.2 Å². The molecule has 0 bridgehead atoms. The Balaban J connectivity index is 1.12. The zero-order valence-corrected chi connectivity index (χ0v) is 40.8. The lowest BCUT2D eigenvalue weighted by Gasteiger charge is -2.49. The lowest BCUT2D eigenvalue weighted by Crippen LogP contribution is -2.67. The quantitative estimate of drug-likeness (QED) is 0.0571.